The summed E-state index contributed by atoms with van der Waals surface area (Å²) in [5, 5.41) is 7.23. The molecule has 0 saturated heterocycles. The van der Waals surface area contributed by atoms with Crippen molar-refractivity contribution in [1.82, 2.24) is 5.32 Å². The monoisotopic (exact) mass is 301 g/mol. The molecule has 1 N–H and O–H groups in total. The highest BCUT2D eigenvalue weighted by atomic mass is 32.1. The molecule has 0 bridgehead atoms. The van der Waals surface area contributed by atoms with Crippen molar-refractivity contribution in [2.45, 2.75) is 25.3 Å². The molecule has 3 rings (SSSR count). The summed E-state index contributed by atoms with van der Waals surface area (Å²) in [4.78, 5) is 12.2. The van der Waals surface area contributed by atoms with Gasteiger partial charge < -0.3 is 10.1 Å². The second kappa shape index (κ2) is 6.31. The minimum atomic E-state index is 0.0983. The van der Waals surface area contributed by atoms with Gasteiger partial charge in [0, 0.05) is 0 Å². The molecule has 2 aromatic rings. The summed E-state index contributed by atoms with van der Waals surface area (Å²) in [6, 6.07) is 10.1. The third-order valence-corrected chi connectivity index (χ3v) is 4.56. The number of carbonyl (C=O) groups is 1. The number of thiophene rings is 1. The lowest BCUT2D eigenvalue weighted by Crippen LogP contribution is -2.31. The topological polar surface area (TPSA) is 38.3 Å². The van der Waals surface area contributed by atoms with Gasteiger partial charge in [0.05, 0.1) is 19.6 Å². The van der Waals surface area contributed by atoms with Gasteiger partial charge in [-0.15, -0.1) is 0 Å². The third-order valence-electron chi connectivity index (χ3n) is 3.83. The molecule has 0 aliphatic heterocycles. The highest BCUT2D eigenvalue weighted by Crippen LogP contribution is 2.41. The van der Waals surface area contributed by atoms with Crippen LogP contribution in [0.5, 0.6) is 5.75 Å². The first-order valence-electron chi connectivity index (χ1n) is 7.20. The molecule has 1 heterocycles. The Kier molecular flexibility index (Phi) is 4.25. The Hall–Kier alpha value is -1.81. The number of amides is 1. The van der Waals surface area contributed by atoms with E-state index in [0.717, 1.165) is 16.9 Å². The predicted octanol–water partition coefficient (Wildman–Crippen LogP) is 3.57. The number of carbonyl (C=O) groups excluding carboxylic acids is 1. The zero-order valence-corrected chi connectivity index (χ0v) is 12.9. The maximum Gasteiger partial charge on any atom is 0.224 e. The van der Waals surface area contributed by atoms with Crippen LogP contribution in [0, 0.1) is 5.92 Å². The van der Waals surface area contributed by atoms with Crippen LogP contribution in [-0.4, -0.2) is 13.0 Å². The lowest BCUT2D eigenvalue weighted by atomic mass is 10.0. The van der Waals surface area contributed by atoms with Crippen LogP contribution in [0.1, 0.15) is 30.0 Å². The van der Waals surface area contributed by atoms with Crippen LogP contribution in [-0.2, 0) is 11.2 Å². The Bertz CT molecular complexity index is 588. The van der Waals surface area contributed by atoms with E-state index < -0.39 is 0 Å². The van der Waals surface area contributed by atoms with E-state index in [4.69, 9.17) is 4.74 Å². The molecule has 1 aromatic carbocycles. The fourth-order valence-corrected chi connectivity index (χ4v) is 3.19. The molecule has 1 amide bonds. The fourth-order valence-electron chi connectivity index (χ4n) is 2.52. The summed E-state index contributed by atoms with van der Waals surface area (Å²) >= 11 is 1.63. The molecule has 3 nitrogen and oxygen atoms in total. The molecule has 0 spiro atoms. The fraction of sp³-hybridized carbons (Fsp3) is 0.353. The zero-order valence-electron chi connectivity index (χ0n) is 12.0. The van der Waals surface area contributed by atoms with Gasteiger partial charge in [-0.2, -0.15) is 11.3 Å². The summed E-state index contributed by atoms with van der Waals surface area (Å²) in [6.07, 6.45) is 2.84. The lowest BCUT2D eigenvalue weighted by molar-refractivity contribution is -0.121. The smallest absolute Gasteiger partial charge is 0.224 e. The van der Waals surface area contributed by atoms with Gasteiger partial charge in [-0.3, -0.25) is 4.79 Å². The Morgan fingerprint density at radius 3 is 2.67 bits per heavy atom. The van der Waals surface area contributed by atoms with E-state index in [-0.39, 0.29) is 11.9 Å². The van der Waals surface area contributed by atoms with Crippen LogP contribution in [0.2, 0.25) is 0 Å². The van der Waals surface area contributed by atoms with E-state index in [0.29, 0.717) is 12.3 Å². The molecule has 1 aliphatic rings. The van der Waals surface area contributed by atoms with Gasteiger partial charge >= 0.3 is 0 Å². The average molecular weight is 301 g/mol. The van der Waals surface area contributed by atoms with Gasteiger partial charge in [0.15, 0.2) is 0 Å². The van der Waals surface area contributed by atoms with E-state index in [1.54, 1.807) is 18.4 Å². The summed E-state index contributed by atoms with van der Waals surface area (Å²) in [5.41, 5.74) is 2.25. The van der Waals surface area contributed by atoms with E-state index in [1.165, 1.54) is 12.8 Å². The number of benzene rings is 1. The van der Waals surface area contributed by atoms with Gasteiger partial charge in [-0.25, -0.2) is 0 Å². The normalized spacial score (nSPS) is 15.5. The first-order valence-corrected chi connectivity index (χ1v) is 8.15. The van der Waals surface area contributed by atoms with E-state index in [2.05, 4.69) is 5.32 Å². The van der Waals surface area contributed by atoms with Crippen molar-refractivity contribution >= 4 is 17.2 Å². The molecule has 0 radical (unpaired) electrons. The lowest BCUT2D eigenvalue weighted by Gasteiger charge is -2.19. The van der Waals surface area contributed by atoms with Crippen molar-refractivity contribution in [3.63, 3.8) is 0 Å². The van der Waals surface area contributed by atoms with Crippen molar-refractivity contribution in [2.24, 2.45) is 5.92 Å². The molecule has 110 valence electrons. The van der Waals surface area contributed by atoms with Crippen LogP contribution in [0.25, 0.3) is 0 Å². The number of ether oxygens (including phenoxy) is 1. The first-order chi connectivity index (χ1) is 10.3. The van der Waals surface area contributed by atoms with Gasteiger partial charge in [0.25, 0.3) is 0 Å². The van der Waals surface area contributed by atoms with Gasteiger partial charge in [0.2, 0.25) is 5.91 Å². The molecule has 1 atom stereocenters. The van der Waals surface area contributed by atoms with Crippen LogP contribution in [0.15, 0.2) is 41.1 Å². The number of hydrogen-bond acceptors (Lipinski definition) is 3. The second-order valence-electron chi connectivity index (χ2n) is 5.46. The van der Waals surface area contributed by atoms with Gasteiger partial charge in [-0.1, -0.05) is 12.1 Å². The van der Waals surface area contributed by atoms with Crippen LogP contribution < -0.4 is 10.1 Å². The van der Waals surface area contributed by atoms with E-state index >= 15 is 0 Å². The molecule has 0 unspecified atom stereocenters. The van der Waals surface area contributed by atoms with Crippen LogP contribution >= 0.6 is 11.3 Å². The first kappa shape index (κ1) is 14.1. The number of nitrogens with one attached hydrogen (secondary N) is 1. The quantitative estimate of drug-likeness (QED) is 0.886. The standard InChI is InChI=1S/C17H19NO2S/c1-20-15-6-4-14(5-7-15)17(13-2-3-13)18-16(19)10-12-8-9-21-11-12/h4-9,11,13,17H,2-3,10H2,1H3,(H,18,19)/t17-/m1/s1. The average Bonchev–Trinajstić information content (AvgIpc) is 3.23. The van der Waals surface area contributed by atoms with Crippen molar-refractivity contribution in [3.8, 4) is 5.75 Å². The minimum Gasteiger partial charge on any atom is -0.497 e. The van der Waals surface area contributed by atoms with Gasteiger partial charge in [-0.05, 0) is 58.8 Å². The Balaban J connectivity index is 1.67. The summed E-state index contributed by atoms with van der Waals surface area (Å²) in [7, 11) is 1.66. The Morgan fingerprint density at radius 2 is 2.10 bits per heavy atom. The number of hydrogen-bond donors (Lipinski definition) is 1. The molecule has 4 heteroatoms. The van der Waals surface area contributed by atoms with Crippen LogP contribution in [0.3, 0.4) is 0 Å². The molecule has 1 aromatic heterocycles. The Morgan fingerprint density at radius 1 is 1.33 bits per heavy atom. The molecule has 1 aliphatic carbocycles. The summed E-state index contributed by atoms with van der Waals surface area (Å²) in [5.74, 6) is 1.52. The highest BCUT2D eigenvalue weighted by Gasteiger charge is 2.33. The van der Waals surface area contributed by atoms with Gasteiger partial charge in [0.1, 0.15) is 5.75 Å². The minimum absolute atomic E-state index is 0.0983. The van der Waals surface area contributed by atoms with Crippen molar-refractivity contribution in [1.29, 1.82) is 0 Å². The number of methoxy groups -OCH3 is 1. The summed E-state index contributed by atoms with van der Waals surface area (Å²) < 4.78 is 5.19. The maximum absolute atomic E-state index is 12.2. The molecule has 21 heavy (non-hydrogen) atoms. The van der Waals surface area contributed by atoms with Crippen molar-refractivity contribution in [3.05, 3.63) is 52.2 Å². The maximum atomic E-state index is 12.2. The highest BCUT2D eigenvalue weighted by molar-refractivity contribution is 7.07. The third kappa shape index (κ3) is 3.64. The summed E-state index contributed by atoms with van der Waals surface area (Å²) in [6.45, 7) is 0. The zero-order chi connectivity index (χ0) is 14.7. The largest absolute Gasteiger partial charge is 0.497 e. The van der Waals surface area contributed by atoms with Crippen LogP contribution in [0.4, 0.5) is 0 Å². The number of rotatable bonds is 6. The SMILES string of the molecule is COc1ccc([C@H](NC(=O)Cc2ccsc2)C2CC2)cc1. The van der Waals surface area contributed by atoms with E-state index in [9.17, 15) is 4.79 Å². The van der Waals surface area contributed by atoms with Crippen molar-refractivity contribution < 1.29 is 9.53 Å². The molecular weight excluding hydrogens is 282 g/mol. The molecule has 1 fully saturated rings. The molecular formula is C17H19NO2S. The second-order valence-corrected chi connectivity index (χ2v) is 6.24. The van der Waals surface area contributed by atoms with E-state index in [1.807, 2.05) is 41.1 Å². The Labute approximate surface area is 129 Å². The predicted molar refractivity (Wildman–Crippen MR) is 84.6 cm³/mol. The van der Waals surface area contributed by atoms with Crippen molar-refractivity contribution in [2.75, 3.05) is 7.11 Å². The molecule has 1 saturated carbocycles.